The Labute approximate surface area is 246 Å². The third kappa shape index (κ3) is 7.46. The lowest BCUT2D eigenvalue weighted by Crippen LogP contribution is -2.21. The normalized spacial score (nSPS) is 11.2. The van der Waals surface area contributed by atoms with Crippen molar-refractivity contribution in [2.45, 2.75) is 26.2 Å². The molecule has 11 nitrogen and oxygen atoms in total. The number of nitrogens with one attached hydrogen (secondary N) is 3. The molecule has 0 unspecified atom stereocenters. The van der Waals surface area contributed by atoms with Gasteiger partial charge in [0, 0.05) is 30.9 Å². The van der Waals surface area contributed by atoms with Crippen molar-refractivity contribution in [2.75, 3.05) is 29.7 Å². The first kappa shape index (κ1) is 29.7. The van der Waals surface area contributed by atoms with E-state index < -0.39 is 6.03 Å². The summed E-state index contributed by atoms with van der Waals surface area (Å²) in [5, 5.41) is 22.5. The molecule has 4 rings (SSSR count). The molecule has 0 fully saturated rings. The number of phenols is 1. The zero-order valence-corrected chi connectivity index (χ0v) is 24.2. The van der Waals surface area contributed by atoms with Crippen LogP contribution in [0.4, 0.5) is 22.1 Å². The molecular weight excluding hydrogens is 571 g/mol. The number of halogens is 2. The van der Waals surface area contributed by atoms with Crippen molar-refractivity contribution in [2.24, 2.45) is 0 Å². The van der Waals surface area contributed by atoms with E-state index in [4.69, 9.17) is 32.7 Å². The van der Waals surface area contributed by atoms with Gasteiger partial charge in [0.05, 0.1) is 22.1 Å². The van der Waals surface area contributed by atoms with Gasteiger partial charge in [0.1, 0.15) is 40.5 Å². The van der Waals surface area contributed by atoms with Gasteiger partial charge in [0.25, 0.3) is 5.91 Å². The minimum Gasteiger partial charge on any atom is -0.508 e. The second-order valence-electron chi connectivity index (χ2n) is 9.87. The molecule has 0 aliphatic carbocycles. The molecule has 0 saturated heterocycles. The van der Waals surface area contributed by atoms with Gasteiger partial charge < -0.3 is 25.2 Å². The van der Waals surface area contributed by atoms with E-state index in [1.165, 1.54) is 31.5 Å². The molecule has 2 heterocycles. The minimum absolute atomic E-state index is 0.0596. The van der Waals surface area contributed by atoms with Gasteiger partial charge in [-0.1, -0.05) is 44.0 Å². The van der Waals surface area contributed by atoms with E-state index in [2.05, 4.69) is 26.0 Å². The number of hydrogen-bond acceptors (Lipinski definition) is 7. The smallest absolute Gasteiger partial charge is 0.324 e. The van der Waals surface area contributed by atoms with Crippen LogP contribution in [0.1, 0.15) is 26.5 Å². The number of ether oxygens (including phenoxy) is 2. The quantitative estimate of drug-likeness (QED) is 0.179. The maximum atomic E-state index is 13.0. The molecule has 2 aromatic heterocycles. The number of phenolic OH excluding ortho intramolecular Hbond substituents is 1. The predicted octanol–water partition coefficient (Wildman–Crippen LogP) is 6.60. The monoisotopic (exact) mass is 598 g/mol. The van der Waals surface area contributed by atoms with Crippen LogP contribution >= 0.6 is 23.2 Å². The van der Waals surface area contributed by atoms with Crippen LogP contribution < -0.4 is 20.7 Å². The number of amides is 3. The Morgan fingerprint density at radius 3 is 2.39 bits per heavy atom. The molecule has 4 aromatic rings. The molecule has 2 aromatic carbocycles. The number of pyridine rings is 1. The van der Waals surface area contributed by atoms with Crippen LogP contribution in [0.5, 0.6) is 17.2 Å². The number of carbonyl (C=O) groups is 2. The summed E-state index contributed by atoms with van der Waals surface area (Å²) >= 11 is 12.9. The molecule has 0 atom stereocenters. The summed E-state index contributed by atoms with van der Waals surface area (Å²) in [5.74, 6) is 0.993. The van der Waals surface area contributed by atoms with Crippen molar-refractivity contribution in [1.29, 1.82) is 0 Å². The number of urea groups is 1. The van der Waals surface area contributed by atoms with Gasteiger partial charge in [-0.05, 0) is 42.5 Å². The van der Waals surface area contributed by atoms with Crippen molar-refractivity contribution in [3.8, 4) is 22.9 Å². The van der Waals surface area contributed by atoms with E-state index in [1.54, 1.807) is 41.1 Å². The number of benzene rings is 2. The number of nitrogens with zero attached hydrogens (tertiary/aromatic N) is 3. The van der Waals surface area contributed by atoms with E-state index in [0.29, 0.717) is 17.3 Å². The molecule has 214 valence electrons. The Kier molecular flexibility index (Phi) is 9.01. The molecule has 0 bridgehead atoms. The van der Waals surface area contributed by atoms with Crippen LogP contribution in [0.15, 0.2) is 60.8 Å². The van der Waals surface area contributed by atoms with Crippen LogP contribution in [-0.2, 0) is 14.9 Å². The average molecular weight is 599 g/mol. The Balaban J connectivity index is 1.50. The third-order valence-electron chi connectivity index (χ3n) is 5.61. The zero-order valence-electron chi connectivity index (χ0n) is 22.7. The first-order valence-electron chi connectivity index (χ1n) is 12.3. The highest BCUT2D eigenvalue weighted by atomic mass is 35.5. The minimum atomic E-state index is -0.581. The highest BCUT2D eigenvalue weighted by Gasteiger charge is 2.22. The molecule has 13 heteroatoms. The van der Waals surface area contributed by atoms with Gasteiger partial charge in [-0.25, -0.2) is 14.5 Å². The maximum Gasteiger partial charge on any atom is 0.324 e. The van der Waals surface area contributed by atoms with E-state index in [1.807, 2.05) is 20.8 Å². The summed E-state index contributed by atoms with van der Waals surface area (Å²) in [4.78, 5) is 28.8. The standard InChI is InChI=1S/C28H28Cl2N6O5/c1-28(2,3)21-14-23(36(35-21)16-5-7-17(37)8-6-16)34-27(39)32-19-9-10-20(26(30)25(19)29)41-18-11-12-31-22(13-18)33-24(38)15-40-4/h5-14,37H,15H2,1-4H3,(H,31,33,38)(H2,32,34,39). The largest absolute Gasteiger partial charge is 0.508 e. The van der Waals surface area contributed by atoms with Gasteiger partial charge in [-0.2, -0.15) is 5.10 Å². The second-order valence-corrected chi connectivity index (χ2v) is 10.6. The predicted molar refractivity (Wildman–Crippen MR) is 158 cm³/mol. The zero-order chi connectivity index (χ0) is 29.7. The summed E-state index contributed by atoms with van der Waals surface area (Å²) in [7, 11) is 1.41. The summed E-state index contributed by atoms with van der Waals surface area (Å²) in [5.41, 5.74) is 1.36. The number of methoxy groups -OCH3 is 1. The molecular formula is C28H28Cl2N6O5. The van der Waals surface area contributed by atoms with E-state index >= 15 is 0 Å². The van der Waals surface area contributed by atoms with Crippen molar-refractivity contribution in [3.05, 3.63) is 76.5 Å². The van der Waals surface area contributed by atoms with Crippen LogP contribution in [0.3, 0.4) is 0 Å². The summed E-state index contributed by atoms with van der Waals surface area (Å²) in [6.45, 7) is 5.91. The number of aromatic hydroxyl groups is 1. The summed E-state index contributed by atoms with van der Waals surface area (Å²) < 4.78 is 12.2. The van der Waals surface area contributed by atoms with Gasteiger partial charge in [-0.3, -0.25) is 10.1 Å². The van der Waals surface area contributed by atoms with Crippen LogP contribution in [-0.4, -0.2) is 45.5 Å². The highest BCUT2D eigenvalue weighted by Crippen LogP contribution is 2.40. The Morgan fingerprint density at radius 1 is 0.976 bits per heavy atom. The van der Waals surface area contributed by atoms with Crippen molar-refractivity contribution < 1.29 is 24.2 Å². The molecule has 41 heavy (non-hydrogen) atoms. The van der Waals surface area contributed by atoms with Gasteiger partial charge in [-0.15, -0.1) is 0 Å². The fourth-order valence-electron chi connectivity index (χ4n) is 3.58. The molecule has 0 saturated carbocycles. The number of aromatic nitrogens is 3. The van der Waals surface area contributed by atoms with Crippen molar-refractivity contribution in [3.63, 3.8) is 0 Å². The summed E-state index contributed by atoms with van der Waals surface area (Å²) in [6.07, 6.45) is 1.46. The average Bonchev–Trinajstić information content (AvgIpc) is 3.33. The van der Waals surface area contributed by atoms with E-state index in [0.717, 1.165) is 5.69 Å². The van der Waals surface area contributed by atoms with E-state index in [-0.39, 0.29) is 51.0 Å². The molecule has 4 N–H and O–H groups in total. The molecule has 3 amide bonds. The molecule has 0 radical (unpaired) electrons. The molecule has 0 aliphatic rings. The van der Waals surface area contributed by atoms with Gasteiger partial charge in [0.2, 0.25) is 0 Å². The van der Waals surface area contributed by atoms with E-state index in [9.17, 15) is 14.7 Å². The highest BCUT2D eigenvalue weighted by molar-refractivity contribution is 6.45. The van der Waals surface area contributed by atoms with Crippen LogP contribution in [0.25, 0.3) is 5.69 Å². The number of hydrogen-bond donors (Lipinski definition) is 4. The topological polar surface area (TPSA) is 140 Å². The SMILES string of the molecule is COCC(=O)Nc1cc(Oc2ccc(NC(=O)Nc3cc(C(C)(C)C)nn3-c3ccc(O)cc3)c(Cl)c2Cl)ccn1. The lowest BCUT2D eigenvalue weighted by Gasteiger charge is -2.14. The lowest BCUT2D eigenvalue weighted by atomic mass is 9.92. The van der Waals surface area contributed by atoms with Crippen molar-refractivity contribution in [1.82, 2.24) is 14.8 Å². The van der Waals surface area contributed by atoms with Crippen LogP contribution in [0.2, 0.25) is 10.0 Å². The first-order chi connectivity index (χ1) is 19.4. The first-order valence-corrected chi connectivity index (χ1v) is 13.1. The van der Waals surface area contributed by atoms with Gasteiger partial charge >= 0.3 is 6.03 Å². The number of anilines is 3. The number of rotatable bonds is 8. The lowest BCUT2D eigenvalue weighted by molar-refractivity contribution is -0.119. The number of carbonyl (C=O) groups excluding carboxylic acids is 2. The fraction of sp³-hybridized carbons (Fsp3) is 0.214. The van der Waals surface area contributed by atoms with Crippen LogP contribution in [0, 0.1) is 0 Å². The van der Waals surface area contributed by atoms with Gasteiger partial charge in [0.15, 0.2) is 0 Å². The molecule has 0 aliphatic heterocycles. The molecule has 0 spiro atoms. The Bertz CT molecular complexity index is 1570. The summed E-state index contributed by atoms with van der Waals surface area (Å²) in [6, 6.07) is 13.8. The fourth-order valence-corrected chi connectivity index (χ4v) is 3.99. The third-order valence-corrected chi connectivity index (χ3v) is 6.48. The van der Waals surface area contributed by atoms with Crippen molar-refractivity contribution >= 4 is 52.5 Å². The second kappa shape index (κ2) is 12.5. The Hall–Kier alpha value is -4.32. The maximum absolute atomic E-state index is 13.0. The Morgan fingerprint density at radius 2 is 1.71 bits per heavy atom.